The molecule has 1 aromatic heterocycles. The highest BCUT2D eigenvalue weighted by Crippen LogP contribution is 2.39. The summed E-state index contributed by atoms with van der Waals surface area (Å²) in [5.74, 6) is 0.934. The molecule has 3 nitrogen and oxygen atoms in total. The van der Waals surface area contributed by atoms with E-state index in [9.17, 15) is 0 Å². The van der Waals surface area contributed by atoms with E-state index in [-0.39, 0.29) is 17.0 Å². The lowest BCUT2D eigenvalue weighted by Crippen LogP contribution is -2.38. The number of imidazole rings is 1. The second-order valence-electron chi connectivity index (χ2n) is 5.67. The molecule has 1 aromatic carbocycles. The number of fused-ring (bicyclic) bond motifs is 1. The smallest absolute Gasteiger partial charge is 0.128 e. The Morgan fingerprint density at radius 1 is 1.55 bits per heavy atom. The molecule has 3 atom stereocenters. The fraction of sp³-hybridized carbons (Fsp3) is 0.533. The number of benzene rings is 1. The Labute approximate surface area is 137 Å². The van der Waals surface area contributed by atoms with Crippen molar-refractivity contribution in [2.45, 2.75) is 44.2 Å². The molecule has 0 spiro atoms. The Morgan fingerprint density at radius 2 is 2.30 bits per heavy atom. The summed E-state index contributed by atoms with van der Waals surface area (Å²) in [6.45, 7) is 7.15. The van der Waals surface area contributed by atoms with E-state index < -0.39 is 0 Å². The zero-order valence-corrected chi connectivity index (χ0v) is 14.8. The Morgan fingerprint density at radius 3 is 2.90 bits per heavy atom. The molecule has 2 aromatic rings. The predicted octanol–water partition coefficient (Wildman–Crippen LogP) is 4.46. The summed E-state index contributed by atoms with van der Waals surface area (Å²) in [5.41, 5.74) is 2.08. The first-order chi connectivity index (χ1) is 9.43. The molecular formula is C15H18ClIN2O. The third kappa shape index (κ3) is 2.16. The van der Waals surface area contributed by atoms with Crippen LogP contribution >= 0.6 is 34.2 Å². The average molecular weight is 405 g/mol. The van der Waals surface area contributed by atoms with E-state index in [1.165, 1.54) is 3.57 Å². The lowest BCUT2D eigenvalue weighted by Gasteiger charge is -2.32. The highest BCUT2D eigenvalue weighted by molar-refractivity contribution is 14.1. The maximum atomic E-state index is 6.38. The summed E-state index contributed by atoms with van der Waals surface area (Å²) in [6, 6.07) is 6.37. The van der Waals surface area contributed by atoms with E-state index >= 15 is 0 Å². The molecule has 2 heterocycles. The van der Waals surface area contributed by atoms with E-state index in [0.717, 1.165) is 29.9 Å². The Bertz CT molecular complexity index is 655. The van der Waals surface area contributed by atoms with Gasteiger partial charge >= 0.3 is 0 Å². The summed E-state index contributed by atoms with van der Waals surface area (Å²) in [7, 11) is 0. The zero-order valence-electron chi connectivity index (χ0n) is 11.9. The fourth-order valence-corrected chi connectivity index (χ4v) is 3.62. The van der Waals surface area contributed by atoms with Gasteiger partial charge in [-0.1, -0.05) is 0 Å². The van der Waals surface area contributed by atoms with Gasteiger partial charge in [0.25, 0.3) is 0 Å². The minimum Gasteiger partial charge on any atom is -0.376 e. The van der Waals surface area contributed by atoms with Crippen molar-refractivity contribution in [2.75, 3.05) is 6.61 Å². The molecule has 1 saturated heterocycles. The largest absolute Gasteiger partial charge is 0.376 e. The molecular weight excluding hydrogens is 387 g/mol. The fourth-order valence-electron chi connectivity index (χ4n) is 2.99. The van der Waals surface area contributed by atoms with Gasteiger partial charge < -0.3 is 9.30 Å². The van der Waals surface area contributed by atoms with E-state index in [0.29, 0.717) is 0 Å². The number of nitrogens with zero attached hydrogens (tertiary/aromatic N) is 2. The van der Waals surface area contributed by atoms with Crippen molar-refractivity contribution in [2.24, 2.45) is 0 Å². The van der Waals surface area contributed by atoms with Crippen molar-refractivity contribution in [3.05, 3.63) is 27.6 Å². The maximum Gasteiger partial charge on any atom is 0.128 e. The standard InChI is InChI=1S/C15H18ClIN2O/c1-9(16)14-18-12-8-11(17)4-5-13(12)19(14)15(3)6-7-20-10(15)2/h4-5,8-10H,6-7H2,1-3H3. The molecule has 20 heavy (non-hydrogen) atoms. The van der Waals surface area contributed by atoms with Crippen LogP contribution in [0.2, 0.25) is 0 Å². The van der Waals surface area contributed by atoms with Crippen LogP contribution in [0.25, 0.3) is 11.0 Å². The summed E-state index contributed by atoms with van der Waals surface area (Å²) in [4.78, 5) is 4.77. The quantitative estimate of drug-likeness (QED) is 0.546. The van der Waals surface area contributed by atoms with Gasteiger partial charge in [-0.15, -0.1) is 11.6 Å². The minimum atomic E-state index is -0.121. The van der Waals surface area contributed by atoms with Gasteiger partial charge in [-0.2, -0.15) is 0 Å². The van der Waals surface area contributed by atoms with Crippen LogP contribution in [0.3, 0.4) is 0 Å². The van der Waals surface area contributed by atoms with Crippen molar-refractivity contribution in [1.29, 1.82) is 0 Å². The van der Waals surface area contributed by atoms with Gasteiger partial charge in [0.2, 0.25) is 0 Å². The third-order valence-corrected chi connectivity index (χ3v) is 5.23. The Balaban J connectivity index is 2.29. The third-order valence-electron chi connectivity index (χ3n) is 4.36. The lowest BCUT2D eigenvalue weighted by molar-refractivity contribution is 0.0763. The minimum absolute atomic E-state index is 0.0833. The van der Waals surface area contributed by atoms with Gasteiger partial charge in [0.1, 0.15) is 5.82 Å². The summed E-state index contributed by atoms with van der Waals surface area (Å²) < 4.78 is 9.30. The van der Waals surface area contributed by atoms with Crippen LogP contribution in [0.1, 0.15) is 38.4 Å². The van der Waals surface area contributed by atoms with E-state index in [1.807, 2.05) is 6.92 Å². The monoisotopic (exact) mass is 404 g/mol. The van der Waals surface area contributed by atoms with Gasteiger partial charge in [-0.3, -0.25) is 0 Å². The number of aromatic nitrogens is 2. The molecule has 0 aliphatic carbocycles. The van der Waals surface area contributed by atoms with Crippen LogP contribution in [-0.4, -0.2) is 22.3 Å². The maximum absolute atomic E-state index is 6.38. The second kappa shape index (κ2) is 5.14. The highest BCUT2D eigenvalue weighted by atomic mass is 127. The van der Waals surface area contributed by atoms with Crippen molar-refractivity contribution < 1.29 is 4.74 Å². The van der Waals surface area contributed by atoms with Crippen molar-refractivity contribution in [1.82, 2.24) is 9.55 Å². The second-order valence-corrected chi connectivity index (χ2v) is 7.57. The average Bonchev–Trinajstić information content (AvgIpc) is 2.91. The number of hydrogen-bond donors (Lipinski definition) is 0. The van der Waals surface area contributed by atoms with Crippen LogP contribution in [0, 0.1) is 3.57 Å². The van der Waals surface area contributed by atoms with E-state index in [4.69, 9.17) is 21.3 Å². The molecule has 1 fully saturated rings. The molecule has 0 N–H and O–H groups in total. The SMILES string of the molecule is CC(Cl)c1nc2cc(I)ccc2n1C1(C)CCOC1C. The molecule has 0 bridgehead atoms. The molecule has 0 amide bonds. The van der Waals surface area contributed by atoms with Crippen molar-refractivity contribution in [3.63, 3.8) is 0 Å². The van der Waals surface area contributed by atoms with Gasteiger partial charge in [-0.25, -0.2) is 4.98 Å². The van der Waals surface area contributed by atoms with E-state index in [1.54, 1.807) is 0 Å². The number of rotatable bonds is 2. The van der Waals surface area contributed by atoms with Crippen molar-refractivity contribution >= 4 is 45.2 Å². The summed E-state index contributed by atoms with van der Waals surface area (Å²) >= 11 is 8.70. The molecule has 5 heteroatoms. The van der Waals surface area contributed by atoms with Crippen LogP contribution < -0.4 is 0 Å². The van der Waals surface area contributed by atoms with Gasteiger partial charge in [0.05, 0.1) is 28.1 Å². The molecule has 3 rings (SSSR count). The number of alkyl halides is 1. The molecule has 108 valence electrons. The lowest BCUT2D eigenvalue weighted by atomic mass is 9.93. The molecule has 1 aliphatic rings. The number of halogens is 2. The van der Waals surface area contributed by atoms with Crippen LogP contribution in [0.15, 0.2) is 18.2 Å². The van der Waals surface area contributed by atoms with Gasteiger partial charge in [-0.05, 0) is 68.0 Å². The van der Waals surface area contributed by atoms with Gasteiger partial charge in [0, 0.05) is 10.2 Å². The highest BCUT2D eigenvalue weighted by Gasteiger charge is 2.41. The first-order valence-electron chi connectivity index (χ1n) is 6.87. The normalized spacial score (nSPS) is 28.1. The zero-order chi connectivity index (χ0) is 14.5. The first kappa shape index (κ1) is 14.6. The predicted molar refractivity (Wildman–Crippen MR) is 90.4 cm³/mol. The molecule has 1 aliphatic heterocycles. The molecule has 0 radical (unpaired) electrons. The topological polar surface area (TPSA) is 27.1 Å². The number of hydrogen-bond acceptors (Lipinski definition) is 2. The molecule has 3 unspecified atom stereocenters. The van der Waals surface area contributed by atoms with Crippen LogP contribution in [-0.2, 0) is 10.3 Å². The van der Waals surface area contributed by atoms with Gasteiger partial charge in [0.15, 0.2) is 0 Å². The Hall–Kier alpha value is -0.330. The van der Waals surface area contributed by atoms with Crippen LogP contribution in [0.5, 0.6) is 0 Å². The summed E-state index contributed by atoms with van der Waals surface area (Å²) in [5, 5.41) is -0.121. The van der Waals surface area contributed by atoms with E-state index in [2.05, 4.69) is 59.2 Å². The molecule has 0 saturated carbocycles. The van der Waals surface area contributed by atoms with Crippen LogP contribution in [0.4, 0.5) is 0 Å². The van der Waals surface area contributed by atoms with Crippen molar-refractivity contribution in [3.8, 4) is 0 Å². The first-order valence-corrected chi connectivity index (χ1v) is 8.39. The Kier molecular flexibility index (Phi) is 3.75. The number of ether oxygens (including phenoxy) is 1. The summed E-state index contributed by atoms with van der Waals surface area (Å²) in [6.07, 6.45) is 1.15.